The number of hydrogen-bond donors (Lipinski definition) is 1. The van der Waals surface area contributed by atoms with Crippen molar-refractivity contribution in [1.82, 2.24) is 15.0 Å². The van der Waals surface area contributed by atoms with E-state index in [1.165, 1.54) is 5.56 Å². The largest absolute Gasteiger partial charge is 0.481 e. The number of nitrogens with zero attached hydrogens (tertiary/aromatic N) is 3. The first-order chi connectivity index (χ1) is 20.9. The van der Waals surface area contributed by atoms with Crippen LogP contribution in [0, 0.1) is 12.3 Å². The fourth-order valence-corrected chi connectivity index (χ4v) is 4.54. The number of ether oxygens (including phenoxy) is 3. The number of benzene rings is 3. The maximum absolute atomic E-state index is 13.6. The van der Waals surface area contributed by atoms with Gasteiger partial charge in [-0.15, -0.1) is 6.42 Å². The number of nitrogens with one attached hydrogen (secondary N) is 1. The van der Waals surface area contributed by atoms with Gasteiger partial charge in [-0.2, -0.15) is 0 Å². The average molecular weight is 575 g/mol. The lowest BCUT2D eigenvalue weighted by Gasteiger charge is -2.13. The van der Waals surface area contributed by atoms with Gasteiger partial charge in [0.2, 0.25) is 5.82 Å². The molecule has 0 bridgehead atoms. The zero-order valence-corrected chi connectivity index (χ0v) is 24.1. The molecule has 5 rings (SSSR count). The van der Waals surface area contributed by atoms with Gasteiger partial charge in [-0.1, -0.05) is 50.1 Å². The van der Waals surface area contributed by atoms with E-state index in [0.29, 0.717) is 45.2 Å². The molecule has 43 heavy (non-hydrogen) atoms. The average Bonchev–Trinajstić information content (AvgIpc) is 3.02. The molecule has 0 saturated heterocycles. The van der Waals surface area contributed by atoms with Crippen molar-refractivity contribution < 1.29 is 23.8 Å². The molecule has 0 atom stereocenters. The Morgan fingerprint density at radius 1 is 1.00 bits per heavy atom. The van der Waals surface area contributed by atoms with Gasteiger partial charge < -0.3 is 19.5 Å². The van der Waals surface area contributed by atoms with E-state index in [0.717, 1.165) is 10.9 Å². The second kappa shape index (κ2) is 13.0. The summed E-state index contributed by atoms with van der Waals surface area (Å²) in [7, 11) is 0. The minimum absolute atomic E-state index is 0.0204. The molecule has 9 nitrogen and oxygen atoms in total. The topological polar surface area (TPSA) is 113 Å². The van der Waals surface area contributed by atoms with E-state index in [-0.39, 0.29) is 25.6 Å². The Morgan fingerprint density at radius 3 is 2.56 bits per heavy atom. The summed E-state index contributed by atoms with van der Waals surface area (Å²) in [5.41, 5.74) is 4.13. The third kappa shape index (κ3) is 6.71. The number of fused-ring (bicyclic) bond motifs is 2. The van der Waals surface area contributed by atoms with Gasteiger partial charge in [0, 0.05) is 34.3 Å². The highest BCUT2D eigenvalue weighted by Crippen LogP contribution is 2.32. The SMILES string of the molecule is C#CCOc1ccc2nc(C(=O)Nc3cc(OCC(=O)OCC)c4ncccc4c3)nc(-c3ccc(C(C)C)cc3)c2c1. The van der Waals surface area contributed by atoms with Gasteiger partial charge in [0.15, 0.2) is 6.61 Å². The summed E-state index contributed by atoms with van der Waals surface area (Å²) in [5, 5.41) is 4.30. The number of terminal acetylenes is 1. The normalized spacial score (nSPS) is 10.9. The molecule has 5 aromatic rings. The van der Waals surface area contributed by atoms with Gasteiger partial charge in [-0.3, -0.25) is 9.78 Å². The van der Waals surface area contributed by atoms with Crippen molar-refractivity contribution in [3.8, 4) is 35.1 Å². The monoisotopic (exact) mass is 574 g/mol. The summed E-state index contributed by atoms with van der Waals surface area (Å²) in [6, 6.07) is 20.4. The maximum Gasteiger partial charge on any atom is 0.344 e. The van der Waals surface area contributed by atoms with E-state index >= 15 is 0 Å². The quantitative estimate of drug-likeness (QED) is 0.156. The Bertz CT molecular complexity index is 1840. The number of esters is 1. The number of rotatable bonds is 10. The minimum Gasteiger partial charge on any atom is -0.481 e. The summed E-state index contributed by atoms with van der Waals surface area (Å²) in [5.74, 6) is 2.69. The molecular weight excluding hydrogens is 544 g/mol. The second-order valence-corrected chi connectivity index (χ2v) is 9.94. The number of amides is 1. The van der Waals surface area contributed by atoms with Crippen molar-refractivity contribution >= 4 is 39.4 Å². The Kier molecular flexibility index (Phi) is 8.77. The Morgan fingerprint density at radius 2 is 1.81 bits per heavy atom. The standard InChI is InChI=1S/C34H30N4O5/c1-5-16-42-26-13-14-28-27(19-26)31(23-11-9-22(10-12-23)21(3)4)38-33(37-28)34(40)36-25-17-24-8-7-15-35-32(24)29(18-25)43-20-30(39)41-6-2/h1,7-15,17-19,21H,6,16,20H2,2-4H3,(H,36,40). The Hall–Kier alpha value is -5.49. The van der Waals surface area contributed by atoms with Gasteiger partial charge in [0.25, 0.3) is 5.91 Å². The maximum atomic E-state index is 13.6. The van der Waals surface area contributed by atoms with Gasteiger partial charge in [0.1, 0.15) is 23.6 Å². The number of anilines is 1. The molecule has 0 unspecified atom stereocenters. The number of pyridine rings is 1. The molecule has 0 aliphatic heterocycles. The highest BCUT2D eigenvalue weighted by molar-refractivity contribution is 6.05. The zero-order valence-electron chi connectivity index (χ0n) is 24.1. The highest BCUT2D eigenvalue weighted by Gasteiger charge is 2.18. The van der Waals surface area contributed by atoms with Crippen LogP contribution in [0.25, 0.3) is 33.1 Å². The van der Waals surface area contributed by atoms with E-state index in [1.807, 2.05) is 36.4 Å². The molecular formula is C34H30N4O5. The molecule has 0 spiro atoms. The summed E-state index contributed by atoms with van der Waals surface area (Å²) in [6.07, 6.45) is 7.00. The van der Waals surface area contributed by atoms with Crippen LogP contribution in [0.5, 0.6) is 11.5 Å². The number of hydrogen-bond acceptors (Lipinski definition) is 8. The van der Waals surface area contributed by atoms with Crippen molar-refractivity contribution in [3.05, 3.63) is 84.3 Å². The molecule has 0 fully saturated rings. The molecule has 216 valence electrons. The first-order valence-corrected chi connectivity index (χ1v) is 13.8. The molecule has 9 heteroatoms. The lowest BCUT2D eigenvalue weighted by Crippen LogP contribution is -2.17. The van der Waals surface area contributed by atoms with Crippen molar-refractivity contribution in [2.45, 2.75) is 26.7 Å². The van der Waals surface area contributed by atoms with E-state index < -0.39 is 11.9 Å². The van der Waals surface area contributed by atoms with Crippen molar-refractivity contribution in [1.29, 1.82) is 0 Å². The number of carbonyl (C=O) groups excluding carboxylic acids is 2. The van der Waals surface area contributed by atoms with Crippen LogP contribution in [0.15, 0.2) is 72.9 Å². The smallest absolute Gasteiger partial charge is 0.344 e. The first-order valence-electron chi connectivity index (χ1n) is 13.8. The molecule has 0 saturated carbocycles. The molecule has 3 aromatic carbocycles. The molecule has 0 radical (unpaired) electrons. The molecule has 0 aliphatic carbocycles. The van der Waals surface area contributed by atoms with Gasteiger partial charge >= 0.3 is 5.97 Å². The fourth-order valence-electron chi connectivity index (χ4n) is 4.54. The van der Waals surface area contributed by atoms with E-state index in [4.69, 9.17) is 25.6 Å². The van der Waals surface area contributed by atoms with E-state index in [9.17, 15) is 9.59 Å². The third-order valence-electron chi connectivity index (χ3n) is 6.62. The molecule has 0 aliphatic rings. The van der Waals surface area contributed by atoms with Crippen LogP contribution in [0.1, 0.15) is 42.9 Å². The molecule has 1 amide bonds. The van der Waals surface area contributed by atoms with Crippen LogP contribution in [0.2, 0.25) is 0 Å². The van der Waals surface area contributed by atoms with Crippen molar-refractivity contribution in [2.75, 3.05) is 25.1 Å². The minimum atomic E-state index is -0.519. The summed E-state index contributed by atoms with van der Waals surface area (Å²) in [4.78, 5) is 39.1. The fraction of sp³-hybridized carbons (Fsp3) is 0.206. The highest BCUT2D eigenvalue weighted by atomic mass is 16.6. The van der Waals surface area contributed by atoms with Crippen LogP contribution in [0.4, 0.5) is 5.69 Å². The summed E-state index contributed by atoms with van der Waals surface area (Å²) in [6.45, 7) is 6.05. The van der Waals surface area contributed by atoms with E-state index in [1.54, 1.807) is 43.5 Å². The van der Waals surface area contributed by atoms with E-state index in [2.05, 4.69) is 35.1 Å². The van der Waals surface area contributed by atoms with Crippen molar-refractivity contribution in [3.63, 3.8) is 0 Å². The lowest BCUT2D eigenvalue weighted by molar-refractivity contribution is -0.145. The lowest BCUT2D eigenvalue weighted by atomic mass is 9.99. The van der Waals surface area contributed by atoms with Gasteiger partial charge in [-0.25, -0.2) is 14.8 Å². The predicted octanol–water partition coefficient (Wildman–Crippen LogP) is 6.17. The second-order valence-electron chi connectivity index (χ2n) is 9.94. The number of aromatic nitrogens is 3. The van der Waals surface area contributed by atoms with Crippen LogP contribution in [0.3, 0.4) is 0 Å². The zero-order chi connectivity index (χ0) is 30.3. The number of carbonyl (C=O) groups is 2. The molecule has 2 aromatic heterocycles. The van der Waals surface area contributed by atoms with Crippen molar-refractivity contribution in [2.24, 2.45) is 0 Å². The summed E-state index contributed by atoms with van der Waals surface area (Å²) >= 11 is 0. The Balaban J connectivity index is 1.52. The Labute approximate surface area is 249 Å². The van der Waals surface area contributed by atoms with Gasteiger partial charge in [-0.05, 0) is 48.7 Å². The van der Waals surface area contributed by atoms with Gasteiger partial charge in [0.05, 0.1) is 17.8 Å². The van der Waals surface area contributed by atoms with Crippen LogP contribution in [-0.4, -0.2) is 46.6 Å². The molecule has 1 N–H and O–H groups in total. The van der Waals surface area contributed by atoms with Crippen LogP contribution in [-0.2, 0) is 9.53 Å². The predicted molar refractivity (Wildman–Crippen MR) is 165 cm³/mol. The molecule has 2 heterocycles. The van der Waals surface area contributed by atoms with Crippen LogP contribution < -0.4 is 14.8 Å². The third-order valence-corrected chi connectivity index (χ3v) is 6.62. The first kappa shape index (κ1) is 29.0. The van der Waals surface area contributed by atoms with Crippen LogP contribution >= 0.6 is 0 Å². The summed E-state index contributed by atoms with van der Waals surface area (Å²) < 4.78 is 16.3.